The Balaban J connectivity index is 1.37. The molecule has 5 atom stereocenters. The molecule has 2 bridgehead atoms. The van der Waals surface area contributed by atoms with Gasteiger partial charge in [-0.3, -0.25) is 4.79 Å². The van der Waals surface area contributed by atoms with Crippen molar-refractivity contribution >= 4 is 33.2 Å². The van der Waals surface area contributed by atoms with E-state index >= 15 is 0 Å². The van der Waals surface area contributed by atoms with E-state index in [1.807, 2.05) is 37.3 Å². The summed E-state index contributed by atoms with van der Waals surface area (Å²) >= 11 is 6.36. The highest BCUT2D eigenvalue weighted by Gasteiger charge is 2.40. The summed E-state index contributed by atoms with van der Waals surface area (Å²) in [5.41, 5.74) is 3.42. The minimum Gasteiger partial charge on any atom is -0.487 e. The van der Waals surface area contributed by atoms with Gasteiger partial charge in [0.1, 0.15) is 12.4 Å². The Kier molecular flexibility index (Phi) is 11.2. The van der Waals surface area contributed by atoms with Gasteiger partial charge in [-0.05, 0) is 110 Å². The lowest BCUT2D eigenvalue weighted by Gasteiger charge is -2.44. The molecule has 6 rings (SSSR count). The van der Waals surface area contributed by atoms with Gasteiger partial charge in [0.25, 0.3) is 5.91 Å². The molecule has 2 aromatic carbocycles. The molecule has 2 aliphatic heterocycles. The number of ether oxygens (including phenoxy) is 3. The number of anilines is 1. The number of fused-ring (bicyclic) bond motifs is 3. The third kappa shape index (κ3) is 8.53. The van der Waals surface area contributed by atoms with Crippen LogP contribution in [-0.2, 0) is 32.5 Å². The van der Waals surface area contributed by atoms with Crippen LogP contribution in [0.4, 0.5) is 5.69 Å². The molecule has 0 radical (unpaired) electrons. The largest absolute Gasteiger partial charge is 0.487 e. The molecule has 4 aliphatic rings. The molecule has 2 aliphatic carbocycles. The lowest BCUT2D eigenvalue weighted by molar-refractivity contribution is -0.0308. The second-order valence-electron chi connectivity index (χ2n) is 14.0. The summed E-state index contributed by atoms with van der Waals surface area (Å²) in [6.07, 6.45) is 12.4. The summed E-state index contributed by atoms with van der Waals surface area (Å²) in [6, 6.07) is 11.3. The summed E-state index contributed by atoms with van der Waals surface area (Å²) in [7, 11) is -2.25. The topological polar surface area (TPSA) is 94.2 Å². The van der Waals surface area contributed by atoms with Gasteiger partial charge in [0.15, 0.2) is 0 Å². The van der Waals surface area contributed by atoms with E-state index in [4.69, 9.17) is 25.8 Å². The number of allylic oxidation sites excluding steroid dienone is 1. The number of hydrogen-bond acceptors (Lipinski definition) is 7. The first kappa shape index (κ1) is 34.3. The fourth-order valence-electron chi connectivity index (χ4n) is 7.40. The number of rotatable bonds is 6. The fourth-order valence-corrected chi connectivity index (χ4v) is 9.37. The van der Waals surface area contributed by atoms with Crippen LogP contribution >= 0.6 is 11.6 Å². The first-order valence-corrected chi connectivity index (χ1v) is 19.3. The molecule has 0 aromatic heterocycles. The number of carbonyl (C=O) groups is 1. The molecular weight excluding hydrogens is 636 g/mol. The van der Waals surface area contributed by atoms with E-state index < -0.39 is 21.2 Å². The number of benzene rings is 2. The maximum atomic E-state index is 13.8. The van der Waals surface area contributed by atoms with Crippen molar-refractivity contribution in [2.45, 2.75) is 82.7 Å². The molecule has 47 heavy (non-hydrogen) atoms. The highest BCUT2D eigenvalue weighted by Crippen LogP contribution is 2.42. The van der Waals surface area contributed by atoms with Crippen molar-refractivity contribution in [2.24, 2.45) is 23.7 Å². The molecule has 1 amide bonds. The van der Waals surface area contributed by atoms with Crippen LogP contribution < -0.4 is 14.4 Å². The Bertz CT molecular complexity index is 1540. The van der Waals surface area contributed by atoms with Gasteiger partial charge in [0.2, 0.25) is 10.0 Å². The van der Waals surface area contributed by atoms with Crippen molar-refractivity contribution in [3.8, 4) is 5.75 Å². The average Bonchev–Trinajstić information content (AvgIpc) is 3.86. The van der Waals surface area contributed by atoms with Crippen molar-refractivity contribution in [2.75, 3.05) is 38.3 Å². The van der Waals surface area contributed by atoms with E-state index in [1.165, 1.54) is 5.56 Å². The average molecular weight is 685 g/mol. The number of nitrogens with one attached hydrogen (secondary N) is 1. The van der Waals surface area contributed by atoms with Gasteiger partial charge in [0.05, 0.1) is 30.3 Å². The number of halogens is 1. The van der Waals surface area contributed by atoms with Crippen molar-refractivity contribution in [1.29, 1.82) is 0 Å². The monoisotopic (exact) mass is 684 g/mol. The van der Waals surface area contributed by atoms with Crippen LogP contribution in [-0.4, -0.2) is 59.1 Å². The molecule has 0 unspecified atom stereocenters. The Labute approximate surface area is 285 Å². The Morgan fingerprint density at radius 3 is 2.66 bits per heavy atom. The Morgan fingerprint density at radius 1 is 1.04 bits per heavy atom. The van der Waals surface area contributed by atoms with Crippen molar-refractivity contribution in [1.82, 2.24) is 4.72 Å². The van der Waals surface area contributed by atoms with Crippen molar-refractivity contribution in [3.63, 3.8) is 0 Å². The minimum atomic E-state index is -3.93. The van der Waals surface area contributed by atoms with Gasteiger partial charge >= 0.3 is 0 Å². The lowest BCUT2D eigenvalue weighted by Crippen LogP contribution is -2.44. The van der Waals surface area contributed by atoms with Gasteiger partial charge in [-0.15, -0.1) is 0 Å². The van der Waals surface area contributed by atoms with E-state index in [-0.39, 0.29) is 12.0 Å². The zero-order valence-corrected chi connectivity index (χ0v) is 29.2. The number of aryl methyl sites for hydroxylation is 1. The van der Waals surface area contributed by atoms with Crippen LogP contribution in [0.15, 0.2) is 48.6 Å². The molecule has 2 fully saturated rings. The van der Waals surface area contributed by atoms with Gasteiger partial charge in [-0.25, -0.2) is 13.1 Å². The molecule has 2 saturated carbocycles. The standard InChI is InChI=1S/C37H49ClN2O6S/c1-25-6-5-8-34(45-19-18-44-2)32-15-12-29(32)23-40-17-4-3-7-27-21-31(38)14-11-30(27)24-46-35-16-13-28(22-33(35)40)37(41)39-47(42,43)36(25)20-26-9-10-26/h5,8,11,13-14,16,21-22,25-26,29,32,34,36H,3-4,6-7,9-10,12,15,17-20,23-24H2,1-2H3,(H,39,41)/b8-5+/t25-,29-,32+,34-,36+/m0/s1. The number of methoxy groups -OCH3 is 1. The molecule has 8 nitrogen and oxygen atoms in total. The van der Waals surface area contributed by atoms with Gasteiger partial charge in [0, 0.05) is 30.8 Å². The quantitative estimate of drug-likeness (QED) is 0.260. The second-order valence-corrected chi connectivity index (χ2v) is 16.3. The number of sulfonamides is 1. The smallest absolute Gasteiger partial charge is 0.264 e. The SMILES string of the molecule is COCCO[C@H]1/C=C/C[C@H](C)[C@@H](CC2CC2)S(=O)(=O)NC(=O)c2ccc3c(c2)N(CCCCc2cc(Cl)ccc2CO3)C[C@@H]2CC[C@H]21. The number of nitrogens with zero attached hydrogens (tertiary/aromatic N) is 1. The van der Waals surface area contributed by atoms with Gasteiger partial charge in [-0.2, -0.15) is 0 Å². The molecular formula is C37H49ClN2O6S. The molecule has 0 spiro atoms. The fraction of sp³-hybridized carbons (Fsp3) is 0.595. The van der Waals surface area contributed by atoms with Crippen LogP contribution in [0.1, 0.15) is 79.8 Å². The molecule has 10 heteroatoms. The van der Waals surface area contributed by atoms with Gasteiger partial charge < -0.3 is 19.1 Å². The van der Waals surface area contributed by atoms with Crippen LogP contribution in [0.5, 0.6) is 5.75 Å². The summed E-state index contributed by atoms with van der Waals surface area (Å²) in [4.78, 5) is 16.0. The summed E-state index contributed by atoms with van der Waals surface area (Å²) in [6.45, 7) is 4.96. The van der Waals surface area contributed by atoms with Crippen molar-refractivity contribution < 1.29 is 27.4 Å². The molecule has 2 heterocycles. The first-order valence-electron chi connectivity index (χ1n) is 17.3. The highest BCUT2D eigenvalue weighted by molar-refractivity contribution is 7.90. The lowest BCUT2D eigenvalue weighted by atomic mass is 9.70. The maximum absolute atomic E-state index is 13.8. The van der Waals surface area contributed by atoms with Gasteiger partial charge in [-0.1, -0.05) is 49.6 Å². The molecule has 2 aromatic rings. The minimum absolute atomic E-state index is 0.0765. The first-order chi connectivity index (χ1) is 22.7. The van der Waals surface area contributed by atoms with Crippen LogP contribution in [0.25, 0.3) is 0 Å². The summed E-state index contributed by atoms with van der Waals surface area (Å²) < 4.78 is 48.4. The maximum Gasteiger partial charge on any atom is 0.264 e. The number of carbonyl (C=O) groups excluding carboxylic acids is 1. The summed E-state index contributed by atoms with van der Waals surface area (Å²) in [5.74, 6) is 1.05. The van der Waals surface area contributed by atoms with Crippen LogP contribution in [0, 0.1) is 23.7 Å². The van der Waals surface area contributed by atoms with E-state index in [0.29, 0.717) is 61.7 Å². The predicted octanol–water partition coefficient (Wildman–Crippen LogP) is 6.94. The van der Waals surface area contributed by atoms with E-state index in [1.54, 1.807) is 13.2 Å². The summed E-state index contributed by atoms with van der Waals surface area (Å²) in [5, 5.41) is 0.0610. The number of amides is 1. The zero-order valence-electron chi connectivity index (χ0n) is 27.7. The van der Waals surface area contributed by atoms with E-state index in [2.05, 4.69) is 21.8 Å². The van der Waals surface area contributed by atoms with Crippen LogP contribution in [0.2, 0.25) is 5.02 Å². The van der Waals surface area contributed by atoms with Crippen LogP contribution in [0.3, 0.4) is 0 Å². The normalized spacial score (nSPS) is 28.8. The third-order valence-electron chi connectivity index (χ3n) is 10.6. The Hall–Kier alpha value is -2.59. The predicted molar refractivity (Wildman–Crippen MR) is 186 cm³/mol. The van der Waals surface area contributed by atoms with E-state index in [0.717, 1.165) is 74.3 Å². The molecule has 256 valence electrons. The Morgan fingerprint density at radius 2 is 1.89 bits per heavy atom. The zero-order chi connectivity index (χ0) is 33.0. The highest BCUT2D eigenvalue weighted by atomic mass is 35.5. The van der Waals surface area contributed by atoms with Crippen molar-refractivity contribution in [3.05, 3.63) is 70.3 Å². The molecule has 0 saturated heterocycles. The third-order valence-corrected chi connectivity index (χ3v) is 12.7. The van der Waals surface area contributed by atoms with E-state index in [9.17, 15) is 13.2 Å². The second kappa shape index (κ2) is 15.3. The number of hydrogen-bond donors (Lipinski definition) is 1. The molecule has 1 N–H and O–H groups in total.